The Hall–Kier alpha value is -1.35. The van der Waals surface area contributed by atoms with Gasteiger partial charge in [0.1, 0.15) is 5.82 Å². The van der Waals surface area contributed by atoms with Gasteiger partial charge in [0.25, 0.3) is 0 Å². The lowest BCUT2D eigenvalue weighted by molar-refractivity contribution is 0.166. The van der Waals surface area contributed by atoms with Crippen LogP contribution in [0.5, 0.6) is 0 Å². The first-order valence-corrected chi connectivity index (χ1v) is 9.38. The second-order valence-electron chi connectivity index (χ2n) is 7.29. The average Bonchev–Trinajstić information content (AvgIpc) is 2.58. The topological polar surface area (TPSA) is 28.2 Å². The van der Waals surface area contributed by atoms with Crippen LogP contribution in [0, 0.1) is 5.92 Å². The van der Waals surface area contributed by atoms with E-state index in [9.17, 15) is 0 Å². The van der Waals surface area contributed by atoms with Crippen molar-refractivity contribution in [2.24, 2.45) is 5.92 Å². The zero-order valence-corrected chi connectivity index (χ0v) is 14.3. The third-order valence-corrected chi connectivity index (χ3v) is 5.30. The minimum absolute atomic E-state index is 0.546. The molecule has 0 amide bonds. The van der Waals surface area contributed by atoms with Crippen LogP contribution >= 0.6 is 0 Å². The number of hydrogen-bond donors (Lipinski definition) is 1. The van der Waals surface area contributed by atoms with Gasteiger partial charge in [-0.2, -0.15) is 0 Å². The normalized spacial score (nSPS) is 23.6. The third kappa shape index (κ3) is 5.07. The highest BCUT2D eigenvalue weighted by Gasteiger charge is 2.23. The molecule has 0 aromatic carbocycles. The zero-order valence-electron chi connectivity index (χ0n) is 14.3. The van der Waals surface area contributed by atoms with Crippen LogP contribution in [0.1, 0.15) is 50.5 Å². The molecule has 0 spiro atoms. The van der Waals surface area contributed by atoms with Crippen molar-refractivity contribution in [2.75, 3.05) is 25.0 Å². The van der Waals surface area contributed by atoms with E-state index in [1.54, 1.807) is 0 Å². The summed E-state index contributed by atoms with van der Waals surface area (Å²) >= 11 is 0. The van der Waals surface area contributed by atoms with Gasteiger partial charge in [0, 0.05) is 25.3 Å². The Labute approximate surface area is 141 Å². The molecule has 0 bridgehead atoms. The van der Waals surface area contributed by atoms with Crippen LogP contribution in [0.25, 0.3) is 0 Å². The molecule has 3 heteroatoms. The maximum absolute atomic E-state index is 4.55. The standard InChI is InChI=1S/C20H31N3/c1-2-7-17-11-12-20(21-14-17)22-19-10-6-13-23(16-19)15-18-8-4-3-5-9-18/h2,11-12,14,18-19H,1,3-10,13,15-16H2,(H,21,22)/t19-/m1/s1. The molecular formula is C20H31N3. The van der Waals surface area contributed by atoms with E-state index in [0.717, 1.165) is 18.2 Å². The number of piperidine rings is 1. The van der Waals surface area contributed by atoms with Crippen LogP contribution in [-0.2, 0) is 6.42 Å². The predicted octanol–water partition coefficient (Wildman–Crippen LogP) is 4.27. The molecule has 0 unspecified atom stereocenters. The lowest BCUT2D eigenvalue weighted by atomic mass is 9.88. The minimum atomic E-state index is 0.546. The summed E-state index contributed by atoms with van der Waals surface area (Å²) in [5, 5.41) is 3.64. The molecule has 2 heterocycles. The molecule has 1 aromatic rings. The molecule has 126 valence electrons. The molecule has 23 heavy (non-hydrogen) atoms. The smallest absolute Gasteiger partial charge is 0.126 e. The van der Waals surface area contributed by atoms with Crippen LogP contribution in [0.3, 0.4) is 0 Å². The van der Waals surface area contributed by atoms with E-state index in [1.165, 1.54) is 70.1 Å². The van der Waals surface area contributed by atoms with Gasteiger partial charge in [0.15, 0.2) is 0 Å². The molecule has 1 atom stereocenters. The molecule has 1 aliphatic carbocycles. The summed E-state index contributed by atoms with van der Waals surface area (Å²) in [7, 11) is 0. The maximum Gasteiger partial charge on any atom is 0.126 e. The Balaban J connectivity index is 1.48. The molecule has 3 rings (SSSR count). The van der Waals surface area contributed by atoms with E-state index >= 15 is 0 Å². The summed E-state index contributed by atoms with van der Waals surface area (Å²) in [5.74, 6) is 1.96. The number of aromatic nitrogens is 1. The van der Waals surface area contributed by atoms with E-state index in [-0.39, 0.29) is 0 Å². The van der Waals surface area contributed by atoms with E-state index in [4.69, 9.17) is 0 Å². The number of nitrogens with zero attached hydrogens (tertiary/aromatic N) is 2. The predicted molar refractivity (Wildman–Crippen MR) is 97.8 cm³/mol. The molecule has 3 nitrogen and oxygen atoms in total. The van der Waals surface area contributed by atoms with Crippen LogP contribution in [0.4, 0.5) is 5.82 Å². The Morgan fingerprint density at radius 1 is 1.17 bits per heavy atom. The molecule has 0 radical (unpaired) electrons. The Morgan fingerprint density at radius 3 is 2.78 bits per heavy atom. The van der Waals surface area contributed by atoms with E-state index in [2.05, 4.69) is 33.9 Å². The molecule has 2 fully saturated rings. The third-order valence-electron chi connectivity index (χ3n) is 5.30. The fraction of sp³-hybridized carbons (Fsp3) is 0.650. The number of nitrogens with one attached hydrogen (secondary N) is 1. The Bertz CT molecular complexity index is 476. The van der Waals surface area contributed by atoms with Crippen molar-refractivity contribution >= 4 is 5.82 Å². The molecule has 1 saturated heterocycles. The molecule has 1 N–H and O–H groups in total. The first-order chi connectivity index (χ1) is 11.3. The first-order valence-electron chi connectivity index (χ1n) is 9.38. The first kappa shape index (κ1) is 16.5. The van der Waals surface area contributed by atoms with Crippen molar-refractivity contribution in [3.05, 3.63) is 36.5 Å². The molecule has 2 aliphatic rings. The lowest BCUT2D eigenvalue weighted by Crippen LogP contribution is -2.44. The second-order valence-corrected chi connectivity index (χ2v) is 7.29. The van der Waals surface area contributed by atoms with E-state index < -0.39 is 0 Å². The fourth-order valence-electron chi connectivity index (χ4n) is 4.08. The van der Waals surface area contributed by atoms with Crippen LogP contribution in [-0.4, -0.2) is 35.6 Å². The number of hydrogen-bond acceptors (Lipinski definition) is 3. The van der Waals surface area contributed by atoms with E-state index in [0.29, 0.717) is 6.04 Å². The van der Waals surface area contributed by atoms with Gasteiger partial charge >= 0.3 is 0 Å². The van der Waals surface area contributed by atoms with Crippen molar-refractivity contribution in [2.45, 2.75) is 57.4 Å². The maximum atomic E-state index is 4.55. The van der Waals surface area contributed by atoms with Gasteiger partial charge in [0.05, 0.1) is 0 Å². The van der Waals surface area contributed by atoms with Crippen molar-refractivity contribution in [1.29, 1.82) is 0 Å². The largest absolute Gasteiger partial charge is 0.366 e. The van der Waals surface area contributed by atoms with Gasteiger partial charge in [-0.1, -0.05) is 31.4 Å². The van der Waals surface area contributed by atoms with Gasteiger partial charge < -0.3 is 10.2 Å². The van der Waals surface area contributed by atoms with Gasteiger partial charge in [-0.3, -0.25) is 0 Å². The summed E-state index contributed by atoms with van der Waals surface area (Å²) in [4.78, 5) is 7.24. The SMILES string of the molecule is C=CCc1ccc(N[C@@H]2CCCN(CC3CCCCC3)C2)nc1. The summed E-state index contributed by atoms with van der Waals surface area (Å²) in [5.41, 5.74) is 1.23. The van der Waals surface area contributed by atoms with Gasteiger partial charge in [-0.15, -0.1) is 6.58 Å². The summed E-state index contributed by atoms with van der Waals surface area (Å²) in [6, 6.07) is 4.81. The minimum Gasteiger partial charge on any atom is -0.366 e. The van der Waals surface area contributed by atoms with Crippen LogP contribution in [0.2, 0.25) is 0 Å². The summed E-state index contributed by atoms with van der Waals surface area (Å²) in [6.07, 6.45) is 14.6. The fourth-order valence-corrected chi connectivity index (χ4v) is 4.08. The number of rotatable bonds is 6. The lowest BCUT2D eigenvalue weighted by Gasteiger charge is -2.36. The number of allylic oxidation sites excluding steroid dienone is 1. The monoisotopic (exact) mass is 313 g/mol. The molecule has 1 aromatic heterocycles. The highest BCUT2D eigenvalue weighted by atomic mass is 15.2. The zero-order chi connectivity index (χ0) is 15.9. The summed E-state index contributed by atoms with van der Waals surface area (Å²) < 4.78 is 0. The van der Waals surface area contributed by atoms with Gasteiger partial charge in [-0.05, 0) is 56.2 Å². The second kappa shape index (κ2) is 8.49. The molecular weight excluding hydrogens is 282 g/mol. The van der Waals surface area contributed by atoms with Crippen molar-refractivity contribution in [1.82, 2.24) is 9.88 Å². The number of likely N-dealkylation sites (tertiary alicyclic amines) is 1. The highest BCUT2D eigenvalue weighted by Crippen LogP contribution is 2.26. The molecule has 1 aliphatic heterocycles. The average molecular weight is 313 g/mol. The van der Waals surface area contributed by atoms with Crippen molar-refractivity contribution in [3.63, 3.8) is 0 Å². The number of pyridine rings is 1. The van der Waals surface area contributed by atoms with Gasteiger partial charge in [-0.25, -0.2) is 4.98 Å². The van der Waals surface area contributed by atoms with Crippen LogP contribution in [0.15, 0.2) is 31.0 Å². The quantitative estimate of drug-likeness (QED) is 0.795. The van der Waals surface area contributed by atoms with Gasteiger partial charge in [0.2, 0.25) is 0 Å². The Morgan fingerprint density at radius 2 is 2.04 bits per heavy atom. The number of anilines is 1. The summed E-state index contributed by atoms with van der Waals surface area (Å²) in [6.45, 7) is 7.54. The van der Waals surface area contributed by atoms with Crippen molar-refractivity contribution in [3.8, 4) is 0 Å². The van der Waals surface area contributed by atoms with Crippen molar-refractivity contribution < 1.29 is 0 Å². The Kier molecular flexibility index (Phi) is 6.09. The highest BCUT2D eigenvalue weighted by molar-refractivity contribution is 5.37. The van der Waals surface area contributed by atoms with E-state index in [1.807, 2.05) is 12.3 Å². The molecule has 1 saturated carbocycles. The van der Waals surface area contributed by atoms with Crippen LogP contribution < -0.4 is 5.32 Å².